The van der Waals surface area contributed by atoms with Crippen molar-refractivity contribution in [2.45, 2.75) is 6.42 Å². The average molecular weight is 271 g/mol. The monoisotopic (exact) mass is 271 g/mol. The first-order valence-corrected chi connectivity index (χ1v) is 6.47. The van der Waals surface area contributed by atoms with Gasteiger partial charge in [-0.25, -0.2) is 4.98 Å². The molecule has 104 valence electrons. The number of benzene rings is 1. The van der Waals surface area contributed by atoms with E-state index in [0.717, 1.165) is 36.0 Å². The molecule has 2 aromatic rings. The van der Waals surface area contributed by atoms with Crippen molar-refractivity contribution in [3.05, 3.63) is 36.0 Å². The lowest BCUT2D eigenvalue weighted by atomic mass is 10.1. The number of pyridine rings is 1. The van der Waals surface area contributed by atoms with E-state index in [1.807, 2.05) is 24.3 Å². The van der Waals surface area contributed by atoms with Crippen LogP contribution in [0.25, 0.3) is 0 Å². The molecule has 5 nitrogen and oxygen atoms in total. The van der Waals surface area contributed by atoms with Gasteiger partial charge in [0.25, 0.3) is 0 Å². The van der Waals surface area contributed by atoms with Crippen LogP contribution in [-0.2, 0) is 6.42 Å². The summed E-state index contributed by atoms with van der Waals surface area (Å²) in [6, 6.07) is 7.83. The van der Waals surface area contributed by atoms with Crippen LogP contribution in [0.1, 0.15) is 5.56 Å². The van der Waals surface area contributed by atoms with Gasteiger partial charge in [0, 0.05) is 18.3 Å². The second kappa shape index (κ2) is 4.92. The Morgan fingerprint density at radius 2 is 1.90 bits per heavy atom. The van der Waals surface area contributed by atoms with Crippen LogP contribution in [0.3, 0.4) is 0 Å². The molecule has 1 aromatic heterocycles. The number of fused-ring (bicyclic) bond motifs is 1. The largest absolute Gasteiger partial charge is 0.493 e. The molecule has 0 saturated heterocycles. The Morgan fingerprint density at radius 3 is 2.55 bits per heavy atom. The highest BCUT2D eigenvalue weighted by molar-refractivity contribution is 5.71. The SMILES string of the molecule is COc1cc2c(cc1OC)N(c1ccc(N)cn1)CC2. The molecule has 0 aliphatic carbocycles. The third-order valence-corrected chi connectivity index (χ3v) is 3.53. The molecule has 2 N–H and O–H groups in total. The summed E-state index contributed by atoms with van der Waals surface area (Å²) in [5, 5.41) is 0. The second-order valence-corrected chi connectivity index (χ2v) is 4.69. The van der Waals surface area contributed by atoms with E-state index in [0.29, 0.717) is 5.69 Å². The van der Waals surface area contributed by atoms with Gasteiger partial charge in [-0.1, -0.05) is 0 Å². The summed E-state index contributed by atoms with van der Waals surface area (Å²) in [7, 11) is 3.30. The number of rotatable bonds is 3. The Hall–Kier alpha value is -2.43. The lowest BCUT2D eigenvalue weighted by molar-refractivity contribution is 0.355. The molecule has 0 radical (unpaired) electrons. The van der Waals surface area contributed by atoms with Crippen LogP contribution in [0.4, 0.5) is 17.2 Å². The van der Waals surface area contributed by atoms with Gasteiger partial charge in [-0.15, -0.1) is 0 Å². The molecule has 5 heteroatoms. The molecule has 20 heavy (non-hydrogen) atoms. The molecule has 0 unspecified atom stereocenters. The fourth-order valence-electron chi connectivity index (χ4n) is 2.51. The van der Waals surface area contributed by atoms with Crippen molar-refractivity contribution in [3.8, 4) is 11.5 Å². The van der Waals surface area contributed by atoms with E-state index in [1.165, 1.54) is 5.56 Å². The van der Waals surface area contributed by atoms with Gasteiger partial charge in [0.15, 0.2) is 11.5 Å². The molecule has 0 amide bonds. The standard InChI is InChI=1S/C15H17N3O2/c1-19-13-7-10-5-6-18(12(10)8-14(13)20-2)15-4-3-11(16)9-17-15/h3-4,7-9H,5-6,16H2,1-2H3. The minimum atomic E-state index is 0.667. The highest BCUT2D eigenvalue weighted by Crippen LogP contribution is 2.41. The van der Waals surface area contributed by atoms with Crippen LogP contribution in [-0.4, -0.2) is 25.7 Å². The van der Waals surface area contributed by atoms with E-state index >= 15 is 0 Å². The molecule has 0 fully saturated rings. The number of hydrogen-bond donors (Lipinski definition) is 1. The highest BCUT2D eigenvalue weighted by atomic mass is 16.5. The van der Waals surface area contributed by atoms with Gasteiger partial charge in [0.05, 0.1) is 26.1 Å². The molecular weight excluding hydrogens is 254 g/mol. The third kappa shape index (κ3) is 2.01. The highest BCUT2D eigenvalue weighted by Gasteiger charge is 2.24. The van der Waals surface area contributed by atoms with Crippen molar-refractivity contribution >= 4 is 17.2 Å². The summed E-state index contributed by atoms with van der Waals surface area (Å²) in [5.41, 5.74) is 8.70. The summed E-state index contributed by atoms with van der Waals surface area (Å²) in [5.74, 6) is 2.39. The number of hydrogen-bond acceptors (Lipinski definition) is 5. The fourth-order valence-corrected chi connectivity index (χ4v) is 2.51. The van der Waals surface area contributed by atoms with Gasteiger partial charge >= 0.3 is 0 Å². The average Bonchev–Trinajstić information content (AvgIpc) is 2.89. The number of ether oxygens (including phenoxy) is 2. The maximum Gasteiger partial charge on any atom is 0.162 e. The first-order chi connectivity index (χ1) is 9.72. The molecule has 3 rings (SSSR count). The topological polar surface area (TPSA) is 60.6 Å². The van der Waals surface area contributed by atoms with Crippen LogP contribution in [0, 0.1) is 0 Å². The Labute approximate surface area is 117 Å². The fraction of sp³-hybridized carbons (Fsp3) is 0.267. The van der Waals surface area contributed by atoms with Crippen molar-refractivity contribution in [2.24, 2.45) is 0 Å². The number of nitrogens with two attached hydrogens (primary N) is 1. The number of nitrogens with zero attached hydrogens (tertiary/aromatic N) is 2. The van der Waals surface area contributed by atoms with Gasteiger partial charge in [-0.2, -0.15) is 0 Å². The van der Waals surface area contributed by atoms with Gasteiger partial charge < -0.3 is 20.1 Å². The Bertz CT molecular complexity index is 626. The minimum Gasteiger partial charge on any atom is -0.493 e. The molecule has 1 aromatic carbocycles. The first-order valence-electron chi connectivity index (χ1n) is 6.47. The maximum atomic E-state index is 5.69. The van der Waals surface area contributed by atoms with E-state index in [1.54, 1.807) is 20.4 Å². The van der Waals surface area contributed by atoms with E-state index in [4.69, 9.17) is 15.2 Å². The predicted octanol–water partition coefficient (Wildman–Crippen LogP) is 2.38. The van der Waals surface area contributed by atoms with Crippen LogP contribution in [0.5, 0.6) is 11.5 Å². The van der Waals surface area contributed by atoms with E-state index in [9.17, 15) is 0 Å². The lowest BCUT2D eigenvalue weighted by Crippen LogP contribution is -2.14. The summed E-state index contributed by atoms with van der Waals surface area (Å²) in [6.45, 7) is 0.891. The smallest absolute Gasteiger partial charge is 0.162 e. The number of anilines is 3. The zero-order valence-corrected chi connectivity index (χ0v) is 11.6. The van der Waals surface area contributed by atoms with E-state index in [2.05, 4.69) is 9.88 Å². The molecular formula is C15H17N3O2. The number of nitrogen functional groups attached to an aromatic ring is 1. The van der Waals surface area contributed by atoms with Crippen molar-refractivity contribution in [3.63, 3.8) is 0 Å². The summed E-state index contributed by atoms with van der Waals surface area (Å²) in [4.78, 5) is 6.55. The predicted molar refractivity (Wildman–Crippen MR) is 78.9 cm³/mol. The Balaban J connectivity index is 2.03. The maximum absolute atomic E-state index is 5.69. The summed E-state index contributed by atoms with van der Waals surface area (Å²) in [6.07, 6.45) is 2.63. The number of methoxy groups -OCH3 is 2. The molecule has 0 atom stereocenters. The van der Waals surface area contributed by atoms with Crippen molar-refractivity contribution in [2.75, 3.05) is 31.4 Å². The van der Waals surface area contributed by atoms with Crippen molar-refractivity contribution in [1.29, 1.82) is 0 Å². The summed E-state index contributed by atoms with van der Waals surface area (Å²) >= 11 is 0. The first kappa shape index (κ1) is 12.6. The van der Waals surface area contributed by atoms with Crippen LogP contribution in [0.15, 0.2) is 30.5 Å². The molecule has 1 aliphatic rings. The minimum absolute atomic E-state index is 0.667. The van der Waals surface area contributed by atoms with E-state index in [-0.39, 0.29) is 0 Å². The third-order valence-electron chi connectivity index (χ3n) is 3.53. The van der Waals surface area contributed by atoms with Crippen LogP contribution < -0.4 is 20.1 Å². The molecule has 0 spiro atoms. The Morgan fingerprint density at radius 1 is 1.15 bits per heavy atom. The van der Waals surface area contributed by atoms with Crippen LogP contribution in [0.2, 0.25) is 0 Å². The molecule has 1 aliphatic heterocycles. The zero-order valence-electron chi connectivity index (χ0n) is 11.6. The van der Waals surface area contributed by atoms with Gasteiger partial charge in [-0.05, 0) is 30.2 Å². The normalized spacial score (nSPS) is 13.2. The Kier molecular flexibility index (Phi) is 3.10. The lowest BCUT2D eigenvalue weighted by Gasteiger charge is -2.19. The summed E-state index contributed by atoms with van der Waals surface area (Å²) < 4.78 is 10.7. The zero-order chi connectivity index (χ0) is 14.1. The van der Waals surface area contributed by atoms with Crippen molar-refractivity contribution in [1.82, 2.24) is 4.98 Å². The van der Waals surface area contributed by atoms with E-state index < -0.39 is 0 Å². The van der Waals surface area contributed by atoms with Gasteiger partial charge in [0.2, 0.25) is 0 Å². The molecule has 2 heterocycles. The number of aromatic nitrogens is 1. The van der Waals surface area contributed by atoms with Crippen molar-refractivity contribution < 1.29 is 9.47 Å². The molecule has 0 bridgehead atoms. The van der Waals surface area contributed by atoms with Gasteiger partial charge in [-0.3, -0.25) is 0 Å². The van der Waals surface area contributed by atoms with Crippen LogP contribution >= 0.6 is 0 Å². The second-order valence-electron chi connectivity index (χ2n) is 4.69. The quantitative estimate of drug-likeness (QED) is 0.928. The molecule has 0 saturated carbocycles. The van der Waals surface area contributed by atoms with Gasteiger partial charge in [0.1, 0.15) is 5.82 Å².